The summed E-state index contributed by atoms with van der Waals surface area (Å²) in [6, 6.07) is 6.50. The van der Waals surface area contributed by atoms with Gasteiger partial charge in [0.15, 0.2) is 0 Å². The fourth-order valence-corrected chi connectivity index (χ4v) is 1.76. The second-order valence-corrected chi connectivity index (χ2v) is 4.48. The van der Waals surface area contributed by atoms with E-state index in [1.807, 2.05) is 18.2 Å². The number of benzene rings is 1. The van der Waals surface area contributed by atoms with Gasteiger partial charge in [-0.1, -0.05) is 0 Å². The van der Waals surface area contributed by atoms with E-state index < -0.39 is 0 Å². The molecule has 16 heavy (non-hydrogen) atoms. The van der Waals surface area contributed by atoms with Crippen molar-refractivity contribution < 1.29 is 0 Å². The summed E-state index contributed by atoms with van der Waals surface area (Å²) in [5.74, 6) is 0. The highest BCUT2D eigenvalue weighted by atomic mass is 15.2. The van der Waals surface area contributed by atoms with Crippen molar-refractivity contribution >= 4 is 17.1 Å². The van der Waals surface area contributed by atoms with E-state index in [4.69, 9.17) is 11.5 Å². The summed E-state index contributed by atoms with van der Waals surface area (Å²) in [5.41, 5.74) is 13.7. The van der Waals surface area contributed by atoms with Crippen molar-refractivity contribution in [2.45, 2.75) is 18.9 Å². The molecule has 1 fully saturated rings. The minimum Gasteiger partial charge on any atom is -0.397 e. The van der Waals surface area contributed by atoms with Gasteiger partial charge in [-0.2, -0.15) is 0 Å². The summed E-state index contributed by atoms with van der Waals surface area (Å²) in [6.45, 7) is 2.01. The molecule has 1 aliphatic rings. The van der Waals surface area contributed by atoms with Crippen LogP contribution in [-0.2, 0) is 0 Å². The first kappa shape index (κ1) is 11.1. The minimum atomic E-state index is 0.639. The Bertz CT molecular complexity index is 360. The molecule has 5 N–H and O–H groups in total. The van der Waals surface area contributed by atoms with Crippen molar-refractivity contribution in [1.29, 1.82) is 0 Å². The molecule has 4 nitrogen and oxygen atoms in total. The lowest BCUT2D eigenvalue weighted by molar-refractivity contribution is 0.337. The Labute approximate surface area is 96.6 Å². The number of rotatable bonds is 5. The Hall–Kier alpha value is -1.42. The maximum atomic E-state index is 5.73. The Morgan fingerprint density at radius 3 is 2.69 bits per heavy atom. The van der Waals surface area contributed by atoms with E-state index in [1.54, 1.807) is 0 Å². The summed E-state index contributed by atoms with van der Waals surface area (Å²) >= 11 is 0. The molecule has 0 saturated heterocycles. The number of nitrogens with zero attached hydrogens (tertiary/aromatic N) is 1. The summed E-state index contributed by atoms with van der Waals surface area (Å²) < 4.78 is 0. The Morgan fingerprint density at radius 2 is 2.06 bits per heavy atom. The SMILES string of the molecule is CN(CCNc1ccc(N)c(N)c1)C1CC1. The molecule has 88 valence electrons. The molecular formula is C12H20N4. The fourth-order valence-electron chi connectivity index (χ4n) is 1.76. The molecule has 0 heterocycles. The van der Waals surface area contributed by atoms with Crippen molar-refractivity contribution in [2.75, 3.05) is 36.9 Å². The van der Waals surface area contributed by atoms with Gasteiger partial charge in [0.05, 0.1) is 11.4 Å². The first-order valence-corrected chi connectivity index (χ1v) is 5.76. The molecule has 1 aliphatic carbocycles. The van der Waals surface area contributed by atoms with Crippen molar-refractivity contribution in [3.8, 4) is 0 Å². The van der Waals surface area contributed by atoms with Crippen LogP contribution < -0.4 is 16.8 Å². The summed E-state index contributed by atoms with van der Waals surface area (Å²) in [4.78, 5) is 2.40. The van der Waals surface area contributed by atoms with Crippen LogP contribution in [0.5, 0.6) is 0 Å². The predicted octanol–water partition coefficient (Wildman–Crippen LogP) is 1.36. The first-order valence-electron chi connectivity index (χ1n) is 5.76. The third-order valence-corrected chi connectivity index (χ3v) is 3.05. The lowest BCUT2D eigenvalue weighted by Gasteiger charge is -2.16. The predicted molar refractivity (Wildman–Crippen MR) is 69.4 cm³/mol. The third-order valence-electron chi connectivity index (χ3n) is 3.05. The lowest BCUT2D eigenvalue weighted by atomic mass is 10.2. The fraction of sp³-hybridized carbons (Fsp3) is 0.500. The number of nitrogen functional groups attached to an aromatic ring is 2. The highest BCUT2D eigenvalue weighted by Gasteiger charge is 2.25. The van der Waals surface area contributed by atoms with E-state index in [-0.39, 0.29) is 0 Å². The van der Waals surface area contributed by atoms with Gasteiger partial charge >= 0.3 is 0 Å². The van der Waals surface area contributed by atoms with Crippen LogP contribution in [0.25, 0.3) is 0 Å². The standard InChI is InChI=1S/C12H20N4/c1-16(10-3-4-10)7-6-15-9-2-5-11(13)12(14)8-9/h2,5,8,10,15H,3-4,6-7,13-14H2,1H3. The largest absolute Gasteiger partial charge is 0.397 e. The molecule has 1 saturated carbocycles. The van der Waals surface area contributed by atoms with Crippen molar-refractivity contribution in [3.63, 3.8) is 0 Å². The zero-order valence-electron chi connectivity index (χ0n) is 9.74. The van der Waals surface area contributed by atoms with Crippen LogP contribution in [0.15, 0.2) is 18.2 Å². The normalized spacial score (nSPS) is 15.4. The van der Waals surface area contributed by atoms with Crippen LogP contribution in [0.4, 0.5) is 17.1 Å². The zero-order valence-corrected chi connectivity index (χ0v) is 9.74. The van der Waals surface area contributed by atoms with Crippen molar-refractivity contribution in [2.24, 2.45) is 0 Å². The summed E-state index contributed by atoms with van der Waals surface area (Å²) in [7, 11) is 2.18. The highest BCUT2D eigenvalue weighted by molar-refractivity contribution is 5.69. The molecule has 0 unspecified atom stereocenters. The number of nitrogens with two attached hydrogens (primary N) is 2. The second-order valence-electron chi connectivity index (χ2n) is 4.48. The van der Waals surface area contributed by atoms with E-state index in [0.717, 1.165) is 24.8 Å². The summed E-state index contributed by atoms with van der Waals surface area (Å²) in [5, 5.41) is 3.35. The molecule has 4 heteroatoms. The molecule has 1 aromatic rings. The average molecular weight is 220 g/mol. The lowest BCUT2D eigenvalue weighted by Crippen LogP contribution is -2.27. The summed E-state index contributed by atoms with van der Waals surface area (Å²) in [6.07, 6.45) is 2.70. The molecule has 0 aliphatic heterocycles. The van der Waals surface area contributed by atoms with Crippen LogP contribution in [-0.4, -0.2) is 31.1 Å². The topological polar surface area (TPSA) is 67.3 Å². The molecule has 0 radical (unpaired) electrons. The van der Waals surface area contributed by atoms with Crippen molar-refractivity contribution in [3.05, 3.63) is 18.2 Å². The smallest absolute Gasteiger partial charge is 0.0568 e. The molecule has 1 aromatic carbocycles. The third kappa shape index (κ3) is 2.79. The molecule has 0 bridgehead atoms. The Morgan fingerprint density at radius 1 is 1.31 bits per heavy atom. The Balaban J connectivity index is 1.78. The van der Waals surface area contributed by atoms with E-state index in [0.29, 0.717) is 11.4 Å². The molecular weight excluding hydrogens is 200 g/mol. The maximum absolute atomic E-state index is 5.73. The van der Waals surface area contributed by atoms with E-state index in [1.165, 1.54) is 12.8 Å². The number of hydrogen-bond acceptors (Lipinski definition) is 4. The van der Waals surface area contributed by atoms with Gasteiger partial charge in [-0.3, -0.25) is 0 Å². The van der Waals surface area contributed by atoms with E-state index in [2.05, 4.69) is 17.3 Å². The average Bonchev–Trinajstić information content (AvgIpc) is 3.07. The van der Waals surface area contributed by atoms with Crippen LogP contribution in [0.1, 0.15) is 12.8 Å². The molecule has 0 aromatic heterocycles. The zero-order chi connectivity index (χ0) is 11.5. The van der Waals surface area contributed by atoms with Gasteiger partial charge in [-0.25, -0.2) is 0 Å². The van der Waals surface area contributed by atoms with Gasteiger partial charge in [-0.15, -0.1) is 0 Å². The molecule has 0 amide bonds. The van der Waals surface area contributed by atoms with E-state index in [9.17, 15) is 0 Å². The number of hydrogen-bond donors (Lipinski definition) is 3. The van der Waals surface area contributed by atoms with Gasteiger partial charge in [0, 0.05) is 24.8 Å². The minimum absolute atomic E-state index is 0.639. The number of nitrogens with one attached hydrogen (secondary N) is 1. The maximum Gasteiger partial charge on any atom is 0.0568 e. The van der Waals surface area contributed by atoms with E-state index >= 15 is 0 Å². The van der Waals surface area contributed by atoms with Gasteiger partial charge in [0.1, 0.15) is 0 Å². The van der Waals surface area contributed by atoms with Crippen LogP contribution in [0.3, 0.4) is 0 Å². The quantitative estimate of drug-likeness (QED) is 0.655. The monoisotopic (exact) mass is 220 g/mol. The van der Waals surface area contributed by atoms with Gasteiger partial charge in [0.25, 0.3) is 0 Å². The molecule has 2 rings (SSSR count). The molecule has 0 atom stereocenters. The molecule has 0 spiro atoms. The highest BCUT2D eigenvalue weighted by Crippen LogP contribution is 2.25. The Kier molecular flexibility index (Phi) is 3.19. The van der Waals surface area contributed by atoms with Crippen LogP contribution in [0.2, 0.25) is 0 Å². The number of anilines is 3. The van der Waals surface area contributed by atoms with Gasteiger partial charge in [0.2, 0.25) is 0 Å². The van der Waals surface area contributed by atoms with Gasteiger partial charge in [-0.05, 0) is 38.1 Å². The number of likely N-dealkylation sites (N-methyl/N-ethyl adjacent to an activating group) is 1. The van der Waals surface area contributed by atoms with Gasteiger partial charge < -0.3 is 21.7 Å². The first-order chi connectivity index (χ1) is 7.66. The van der Waals surface area contributed by atoms with Crippen LogP contribution in [0, 0.1) is 0 Å². The van der Waals surface area contributed by atoms with Crippen LogP contribution >= 0.6 is 0 Å². The second kappa shape index (κ2) is 4.61. The van der Waals surface area contributed by atoms with Crippen molar-refractivity contribution in [1.82, 2.24) is 4.90 Å².